The van der Waals surface area contributed by atoms with Gasteiger partial charge < -0.3 is 0 Å². The molecule has 0 spiro atoms. The highest BCUT2D eigenvalue weighted by atomic mass is 32.2. The van der Waals surface area contributed by atoms with Gasteiger partial charge in [0.05, 0.1) is 17.5 Å². The molecule has 0 aliphatic heterocycles. The Bertz CT molecular complexity index is 487. The maximum absolute atomic E-state index is 11.1. The Balaban J connectivity index is 2.17. The van der Waals surface area contributed by atoms with Crippen LogP contribution in [0, 0.1) is 6.92 Å². The minimum Gasteiger partial charge on any atom is -0.269 e. The average molecular weight is 257 g/mol. The van der Waals surface area contributed by atoms with Crippen LogP contribution in [0.3, 0.4) is 0 Å². The molecule has 96 valence electrons. The first-order valence-electron chi connectivity index (χ1n) is 6.01. The Morgan fingerprint density at radius 1 is 1.41 bits per heavy atom. The molecule has 2 rings (SSSR count). The Hall–Kier alpha value is -0.880. The van der Waals surface area contributed by atoms with Crippen LogP contribution in [0.1, 0.15) is 49.4 Å². The van der Waals surface area contributed by atoms with E-state index in [1.807, 2.05) is 17.8 Å². The smallest absolute Gasteiger partial charge is 0.213 e. The number of hydrogen-bond donors (Lipinski definition) is 1. The van der Waals surface area contributed by atoms with Crippen LogP contribution < -0.4 is 5.14 Å². The summed E-state index contributed by atoms with van der Waals surface area (Å²) in [5.74, 6) is -0.119. The number of nitrogens with two attached hydrogens (primary N) is 1. The van der Waals surface area contributed by atoms with Crippen molar-refractivity contribution < 1.29 is 8.42 Å². The van der Waals surface area contributed by atoms with Gasteiger partial charge in [-0.25, -0.2) is 13.6 Å². The van der Waals surface area contributed by atoms with Crippen LogP contribution in [-0.4, -0.2) is 18.2 Å². The lowest BCUT2D eigenvalue weighted by Gasteiger charge is -2.21. The summed E-state index contributed by atoms with van der Waals surface area (Å²) < 4.78 is 24.1. The number of hydrogen-bond acceptors (Lipinski definition) is 3. The molecule has 0 unspecified atom stereocenters. The SMILES string of the molecule is Cc1nn(C2CCCCC2)cc1CS(N)(=O)=O. The molecule has 0 saturated heterocycles. The molecule has 1 heterocycles. The standard InChI is InChI=1S/C11H19N3O2S/c1-9-10(8-17(12,15)16)7-14(13-9)11-5-3-2-4-6-11/h7,11H,2-6,8H2,1H3,(H2,12,15,16). The third kappa shape index (κ3) is 3.29. The van der Waals surface area contributed by atoms with Crippen LogP contribution in [0.5, 0.6) is 0 Å². The molecule has 1 aromatic heterocycles. The van der Waals surface area contributed by atoms with Gasteiger partial charge in [0.25, 0.3) is 0 Å². The molecule has 1 aromatic rings. The van der Waals surface area contributed by atoms with Gasteiger partial charge in [0.2, 0.25) is 10.0 Å². The monoisotopic (exact) mass is 257 g/mol. The predicted octanol–water partition coefficient (Wildman–Crippen LogP) is 1.49. The third-order valence-electron chi connectivity index (χ3n) is 3.32. The van der Waals surface area contributed by atoms with Gasteiger partial charge in [-0.1, -0.05) is 19.3 Å². The van der Waals surface area contributed by atoms with Crippen molar-refractivity contribution in [2.24, 2.45) is 5.14 Å². The number of sulfonamides is 1. The molecule has 0 radical (unpaired) electrons. The number of aromatic nitrogens is 2. The number of aryl methyl sites for hydroxylation is 1. The van der Waals surface area contributed by atoms with Crippen LogP contribution in [0.25, 0.3) is 0 Å². The maximum Gasteiger partial charge on any atom is 0.213 e. The van der Waals surface area contributed by atoms with E-state index in [0.717, 1.165) is 24.1 Å². The Morgan fingerprint density at radius 2 is 2.06 bits per heavy atom. The van der Waals surface area contributed by atoms with Crippen molar-refractivity contribution in [1.82, 2.24) is 9.78 Å². The molecule has 5 nitrogen and oxygen atoms in total. The molecule has 1 saturated carbocycles. The van der Waals surface area contributed by atoms with Gasteiger partial charge in [-0.15, -0.1) is 0 Å². The highest BCUT2D eigenvalue weighted by molar-refractivity contribution is 7.88. The van der Waals surface area contributed by atoms with E-state index >= 15 is 0 Å². The highest BCUT2D eigenvalue weighted by Gasteiger charge is 2.18. The summed E-state index contributed by atoms with van der Waals surface area (Å²) >= 11 is 0. The zero-order valence-electron chi connectivity index (χ0n) is 10.1. The van der Waals surface area contributed by atoms with E-state index in [9.17, 15) is 8.42 Å². The largest absolute Gasteiger partial charge is 0.269 e. The van der Waals surface area contributed by atoms with Crippen molar-refractivity contribution in [3.05, 3.63) is 17.5 Å². The van der Waals surface area contributed by atoms with Crippen molar-refractivity contribution in [2.75, 3.05) is 0 Å². The molecule has 0 bridgehead atoms. The van der Waals surface area contributed by atoms with E-state index in [0.29, 0.717) is 6.04 Å². The minimum absolute atomic E-state index is 0.119. The average Bonchev–Trinajstić information content (AvgIpc) is 2.59. The van der Waals surface area contributed by atoms with E-state index in [4.69, 9.17) is 5.14 Å². The second-order valence-corrected chi connectivity index (χ2v) is 6.43. The fourth-order valence-electron chi connectivity index (χ4n) is 2.41. The molecule has 0 amide bonds. The van der Waals surface area contributed by atoms with E-state index in [1.165, 1.54) is 19.3 Å². The summed E-state index contributed by atoms with van der Waals surface area (Å²) in [6.07, 6.45) is 7.87. The van der Waals surface area contributed by atoms with E-state index in [1.54, 1.807) is 0 Å². The third-order valence-corrected chi connectivity index (χ3v) is 4.04. The number of primary sulfonamides is 1. The Kier molecular flexibility index (Phi) is 3.53. The molecule has 0 aromatic carbocycles. The summed E-state index contributed by atoms with van der Waals surface area (Å²) in [7, 11) is -3.47. The Morgan fingerprint density at radius 3 is 2.65 bits per heavy atom. The first-order chi connectivity index (χ1) is 7.96. The molecule has 2 N–H and O–H groups in total. The van der Waals surface area contributed by atoms with Crippen LogP contribution in [-0.2, 0) is 15.8 Å². The van der Waals surface area contributed by atoms with Crippen molar-refractivity contribution in [1.29, 1.82) is 0 Å². The summed E-state index contributed by atoms with van der Waals surface area (Å²) in [5, 5.41) is 9.47. The van der Waals surface area contributed by atoms with E-state index in [-0.39, 0.29) is 5.75 Å². The van der Waals surface area contributed by atoms with E-state index in [2.05, 4.69) is 5.10 Å². The minimum atomic E-state index is -3.47. The topological polar surface area (TPSA) is 78.0 Å². The van der Waals surface area contributed by atoms with Gasteiger partial charge in [-0.3, -0.25) is 4.68 Å². The first kappa shape index (κ1) is 12.6. The van der Waals surface area contributed by atoms with Gasteiger partial charge >= 0.3 is 0 Å². The molecular formula is C11H19N3O2S. The predicted molar refractivity (Wildman–Crippen MR) is 65.9 cm³/mol. The first-order valence-corrected chi connectivity index (χ1v) is 7.72. The lowest BCUT2D eigenvalue weighted by molar-refractivity contribution is 0.328. The maximum atomic E-state index is 11.1. The fraction of sp³-hybridized carbons (Fsp3) is 0.727. The van der Waals surface area contributed by atoms with Gasteiger partial charge in [0, 0.05) is 11.8 Å². The molecule has 1 aliphatic carbocycles. The quantitative estimate of drug-likeness (QED) is 0.891. The number of rotatable bonds is 3. The summed E-state index contributed by atoms with van der Waals surface area (Å²) in [4.78, 5) is 0. The zero-order chi connectivity index (χ0) is 12.5. The van der Waals surface area contributed by atoms with Crippen molar-refractivity contribution in [3.63, 3.8) is 0 Å². The highest BCUT2D eigenvalue weighted by Crippen LogP contribution is 2.28. The summed E-state index contributed by atoms with van der Waals surface area (Å²) in [6, 6.07) is 0.427. The molecule has 6 heteroatoms. The normalized spacial score (nSPS) is 18.5. The van der Waals surface area contributed by atoms with Gasteiger partial charge in [0.1, 0.15) is 0 Å². The second-order valence-electron chi connectivity index (χ2n) is 4.82. The lowest BCUT2D eigenvalue weighted by atomic mass is 9.96. The van der Waals surface area contributed by atoms with Crippen molar-refractivity contribution in [3.8, 4) is 0 Å². The lowest BCUT2D eigenvalue weighted by Crippen LogP contribution is -2.15. The molecule has 0 atom stereocenters. The molecule has 1 aliphatic rings. The molecular weight excluding hydrogens is 238 g/mol. The molecule has 17 heavy (non-hydrogen) atoms. The van der Waals surface area contributed by atoms with Gasteiger partial charge in [0.15, 0.2) is 0 Å². The molecule has 1 fully saturated rings. The fourth-order valence-corrected chi connectivity index (χ4v) is 3.13. The Labute approximate surface area is 102 Å². The zero-order valence-corrected chi connectivity index (χ0v) is 10.9. The summed E-state index contributed by atoms with van der Waals surface area (Å²) in [5.41, 5.74) is 1.49. The van der Waals surface area contributed by atoms with E-state index < -0.39 is 10.0 Å². The van der Waals surface area contributed by atoms with Crippen LogP contribution in [0.4, 0.5) is 0 Å². The van der Waals surface area contributed by atoms with Crippen LogP contribution in [0.15, 0.2) is 6.20 Å². The van der Waals surface area contributed by atoms with Crippen LogP contribution in [0.2, 0.25) is 0 Å². The number of nitrogens with zero attached hydrogens (tertiary/aromatic N) is 2. The van der Waals surface area contributed by atoms with Gasteiger partial charge in [-0.2, -0.15) is 5.10 Å². The van der Waals surface area contributed by atoms with Gasteiger partial charge in [-0.05, 0) is 19.8 Å². The summed E-state index contributed by atoms with van der Waals surface area (Å²) in [6.45, 7) is 1.83. The van der Waals surface area contributed by atoms with Crippen molar-refractivity contribution >= 4 is 10.0 Å². The second kappa shape index (κ2) is 4.78. The van der Waals surface area contributed by atoms with Crippen molar-refractivity contribution in [2.45, 2.75) is 50.8 Å². The van der Waals surface area contributed by atoms with Crippen LogP contribution >= 0.6 is 0 Å².